The fraction of sp³-hybridized carbons (Fsp3) is 0.154. The smallest absolute Gasteiger partial charge is 0.196 e. The Kier molecular flexibility index (Phi) is 5.15. The highest BCUT2D eigenvalue weighted by Gasteiger charge is 2.21. The molecule has 6 heteroatoms. The molecular formula is C26H25N5S. The number of aryl methyl sites for hydroxylation is 2. The van der Waals surface area contributed by atoms with Gasteiger partial charge in [0.15, 0.2) is 4.96 Å². The number of para-hydroxylation sites is 1. The van der Waals surface area contributed by atoms with E-state index in [2.05, 4.69) is 95.4 Å². The Bertz CT molecular complexity index is 1360. The molecule has 5 nitrogen and oxygen atoms in total. The van der Waals surface area contributed by atoms with Crippen LogP contribution in [0.2, 0.25) is 0 Å². The summed E-state index contributed by atoms with van der Waals surface area (Å²) in [5.74, 6) is 0.955. The largest absolute Gasteiger partial charge is 0.378 e. The lowest BCUT2D eigenvalue weighted by molar-refractivity contribution is 1.13. The van der Waals surface area contributed by atoms with Gasteiger partial charge in [0.25, 0.3) is 0 Å². The molecule has 0 atom stereocenters. The van der Waals surface area contributed by atoms with Crippen LogP contribution in [0.4, 0.5) is 17.2 Å². The van der Waals surface area contributed by atoms with E-state index in [0.717, 1.165) is 44.8 Å². The minimum atomic E-state index is 0.926. The van der Waals surface area contributed by atoms with Gasteiger partial charge in [0, 0.05) is 42.6 Å². The van der Waals surface area contributed by atoms with Crippen LogP contribution < -0.4 is 10.2 Å². The number of anilines is 3. The number of hydrogen-bond acceptors (Lipinski definition) is 5. The minimum Gasteiger partial charge on any atom is -0.378 e. The maximum atomic E-state index is 5.04. The highest BCUT2D eigenvalue weighted by Crippen LogP contribution is 2.38. The van der Waals surface area contributed by atoms with Crippen molar-refractivity contribution < 1.29 is 0 Å². The molecule has 5 rings (SSSR count). The second-order valence-electron chi connectivity index (χ2n) is 8.10. The molecule has 160 valence electrons. The third kappa shape index (κ3) is 3.52. The fourth-order valence-corrected chi connectivity index (χ4v) is 4.80. The van der Waals surface area contributed by atoms with Gasteiger partial charge in [-0.15, -0.1) is 11.3 Å². The van der Waals surface area contributed by atoms with E-state index in [0.29, 0.717) is 0 Å². The first-order chi connectivity index (χ1) is 15.5. The number of fused-ring (bicyclic) bond motifs is 1. The van der Waals surface area contributed by atoms with Crippen LogP contribution >= 0.6 is 11.3 Å². The van der Waals surface area contributed by atoms with Gasteiger partial charge < -0.3 is 10.2 Å². The Labute approximate surface area is 192 Å². The average molecular weight is 440 g/mol. The molecule has 5 aromatic rings. The molecule has 0 aliphatic heterocycles. The monoisotopic (exact) mass is 439 g/mol. The SMILES string of the molecule is Cc1cccc(C)c1Nc1c(-c2ccc(N(C)C)cc2)nc2scc(-c3ccccn3)n12. The van der Waals surface area contributed by atoms with Crippen molar-refractivity contribution in [2.24, 2.45) is 0 Å². The zero-order valence-electron chi connectivity index (χ0n) is 18.6. The van der Waals surface area contributed by atoms with Gasteiger partial charge in [0.2, 0.25) is 0 Å². The van der Waals surface area contributed by atoms with Crippen LogP contribution in [-0.4, -0.2) is 28.5 Å². The van der Waals surface area contributed by atoms with E-state index in [1.54, 1.807) is 11.3 Å². The normalized spacial score (nSPS) is 11.1. The highest BCUT2D eigenvalue weighted by molar-refractivity contribution is 7.15. The minimum absolute atomic E-state index is 0.926. The number of nitrogens with zero attached hydrogens (tertiary/aromatic N) is 4. The maximum absolute atomic E-state index is 5.04. The predicted molar refractivity (Wildman–Crippen MR) is 135 cm³/mol. The number of imidazole rings is 1. The van der Waals surface area contributed by atoms with Crippen molar-refractivity contribution in [2.45, 2.75) is 13.8 Å². The Morgan fingerprint density at radius 3 is 2.31 bits per heavy atom. The summed E-state index contributed by atoms with van der Waals surface area (Å²) >= 11 is 1.63. The van der Waals surface area contributed by atoms with Crippen LogP contribution in [0.1, 0.15) is 11.1 Å². The molecule has 0 aliphatic carbocycles. The van der Waals surface area contributed by atoms with Gasteiger partial charge in [-0.25, -0.2) is 4.98 Å². The molecule has 0 aliphatic rings. The van der Waals surface area contributed by atoms with Gasteiger partial charge >= 0.3 is 0 Å². The van der Waals surface area contributed by atoms with Crippen LogP contribution in [0.5, 0.6) is 0 Å². The molecule has 0 radical (unpaired) electrons. The molecule has 2 aromatic carbocycles. The molecule has 0 saturated carbocycles. The molecule has 0 fully saturated rings. The number of nitrogens with one attached hydrogen (secondary N) is 1. The average Bonchev–Trinajstić information content (AvgIpc) is 3.37. The Balaban J connectivity index is 1.73. The molecule has 0 unspecified atom stereocenters. The first-order valence-electron chi connectivity index (χ1n) is 10.6. The summed E-state index contributed by atoms with van der Waals surface area (Å²) in [4.78, 5) is 12.7. The molecule has 0 amide bonds. The van der Waals surface area contributed by atoms with Gasteiger partial charge in [-0.05, 0) is 49.2 Å². The second-order valence-corrected chi connectivity index (χ2v) is 8.93. The van der Waals surface area contributed by atoms with E-state index in [-0.39, 0.29) is 0 Å². The van der Waals surface area contributed by atoms with E-state index in [1.807, 2.05) is 24.4 Å². The van der Waals surface area contributed by atoms with Crippen LogP contribution in [-0.2, 0) is 0 Å². The third-order valence-electron chi connectivity index (χ3n) is 5.67. The molecular weight excluding hydrogens is 414 g/mol. The van der Waals surface area contributed by atoms with E-state index in [4.69, 9.17) is 4.98 Å². The molecule has 1 N–H and O–H groups in total. The molecule has 0 saturated heterocycles. The van der Waals surface area contributed by atoms with E-state index >= 15 is 0 Å². The van der Waals surface area contributed by atoms with Gasteiger partial charge in [-0.1, -0.05) is 36.4 Å². The van der Waals surface area contributed by atoms with Crippen LogP contribution in [0.25, 0.3) is 27.6 Å². The Morgan fingerprint density at radius 1 is 0.906 bits per heavy atom. The van der Waals surface area contributed by atoms with Crippen molar-refractivity contribution in [3.63, 3.8) is 0 Å². The summed E-state index contributed by atoms with van der Waals surface area (Å²) < 4.78 is 2.19. The maximum Gasteiger partial charge on any atom is 0.196 e. The number of pyridine rings is 1. The lowest BCUT2D eigenvalue weighted by atomic mass is 10.1. The van der Waals surface area contributed by atoms with Crippen molar-refractivity contribution in [3.8, 4) is 22.6 Å². The zero-order valence-corrected chi connectivity index (χ0v) is 19.4. The molecule has 0 spiro atoms. The quantitative estimate of drug-likeness (QED) is 0.337. The third-order valence-corrected chi connectivity index (χ3v) is 6.50. The van der Waals surface area contributed by atoms with Gasteiger partial charge in [-0.3, -0.25) is 9.38 Å². The summed E-state index contributed by atoms with van der Waals surface area (Å²) in [6.45, 7) is 4.26. The van der Waals surface area contributed by atoms with Crippen molar-refractivity contribution in [1.82, 2.24) is 14.4 Å². The molecule has 0 bridgehead atoms. The highest BCUT2D eigenvalue weighted by atomic mass is 32.1. The van der Waals surface area contributed by atoms with Crippen LogP contribution in [0, 0.1) is 13.8 Å². The molecule has 3 aromatic heterocycles. The topological polar surface area (TPSA) is 45.5 Å². The summed E-state index contributed by atoms with van der Waals surface area (Å²) in [5.41, 5.74) is 8.63. The summed E-state index contributed by atoms with van der Waals surface area (Å²) in [7, 11) is 4.10. The van der Waals surface area contributed by atoms with Crippen molar-refractivity contribution >= 4 is 33.5 Å². The first-order valence-corrected chi connectivity index (χ1v) is 11.4. The summed E-state index contributed by atoms with van der Waals surface area (Å²) in [6.07, 6.45) is 1.83. The Hall–Kier alpha value is -3.64. The Morgan fingerprint density at radius 2 is 1.66 bits per heavy atom. The number of aromatic nitrogens is 3. The van der Waals surface area contributed by atoms with Gasteiger partial charge in [0.1, 0.15) is 11.5 Å². The van der Waals surface area contributed by atoms with Gasteiger partial charge in [-0.2, -0.15) is 0 Å². The molecule has 3 heterocycles. The summed E-state index contributed by atoms with van der Waals surface area (Å²) in [6, 6.07) is 20.9. The predicted octanol–water partition coefficient (Wildman–Crippen LogP) is 6.55. The first kappa shape index (κ1) is 20.3. The zero-order chi connectivity index (χ0) is 22.2. The van der Waals surface area contributed by atoms with E-state index < -0.39 is 0 Å². The van der Waals surface area contributed by atoms with Crippen molar-refractivity contribution in [1.29, 1.82) is 0 Å². The standard InChI is InChI=1S/C26H25N5S/c1-17-8-7-9-18(2)23(17)28-25-24(19-11-13-20(14-12-19)30(3)4)29-26-31(25)22(16-32-26)21-10-5-6-15-27-21/h5-16,28H,1-4H3. The number of thiazole rings is 1. The second kappa shape index (κ2) is 8.13. The van der Waals surface area contributed by atoms with Crippen molar-refractivity contribution in [2.75, 3.05) is 24.3 Å². The molecule has 32 heavy (non-hydrogen) atoms. The number of hydrogen-bond donors (Lipinski definition) is 1. The van der Waals surface area contributed by atoms with E-state index in [9.17, 15) is 0 Å². The van der Waals surface area contributed by atoms with Crippen molar-refractivity contribution in [3.05, 3.63) is 83.4 Å². The van der Waals surface area contributed by atoms with Crippen LogP contribution in [0.15, 0.2) is 72.2 Å². The summed E-state index contributed by atoms with van der Waals surface area (Å²) in [5, 5.41) is 5.86. The number of rotatable bonds is 5. The lowest BCUT2D eigenvalue weighted by Gasteiger charge is -2.15. The van der Waals surface area contributed by atoms with Crippen LogP contribution in [0.3, 0.4) is 0 Å². The van der Waals surface area contributed by atoms with E-state index in [1.165, 1.54) is 11.1 Å². The van der Waals surface area contributed by atoms with Gasteiger partial charge in [0.05, 0.1) is 11.4 Å². The fourth-order valence-electron chi connectivity index (χ4n) is 3.92. The number of benzene rings is 2. The lowest BCUT2D eigenvalue weighted by Crippen LogP contribution is -2.08.